The number of hydrogen-bond donors (Lipinski definition) is 2. The Balaban J connectivity index is 2.54. The summed E-state index contributed by atoms with van der Waals surface area (Å²) >= 11 is 0. The number of urea groups is 1. The molecule has 0 aromatic rings. The lowest BCUT2D eigenvalue weighted by Crippen LogP contribution is -2.53. The molecule has 7 heteroatoms. The quantitative estimate of drug-likeness (QED) is 0.785. The summed E-state index contributed by atoms with van der Waals surface area (Å²) in [6.07, 6.45) is 3.99. The molecular weight excluding hydrogens is 266 g/mol. The normalized spacial score (nSPS) is 20.6. The van der Waals surface area contributed by atoms with E-state index in [0.717, 1.165) is 25.5 Å². The molecule has 19 heavy (non-hydrogen) atoms. The van der Waals surface area contributed by atoms with Crippen LogP contribution >= 0.6 is 0 Å². The van der Waals surface area contributed by atoms with Crippen molar-refractivity contribution >= 4 is 16.1 Å². The lowest BCUT2D eigenvalue weighted by molar-refractivity contribution is 0.151. The minimum Gasteiger partial charge on any atom is -0.338 e. The molecule has 1 heterocycles. The van der Waals surface area contributed by atoms with E-state index in [1.54, 1.807) is 4.90 Å². The molecule has 2 N–H and O–H groups in total. The van der Waals surface area contributed by atoms with Crippen molar-refractivity contribution < 1.29 is 13.2 Å². The summed E-state index contributed by atoms with van der Waals surface area (Å²) in [4.78, 5) is 13.8. The molecule has 0 radical (unpaired) electrons. The van der Waals surface area contributed by atoms with Crippen molar-refractivity contribution in [3.05, 3.63) is 0 Å². The summed E-state index contributed by atoms with van der Waals surface area (Å²) in [5.74, 6) is 0.404. The minimum atomic E-state index is -3.21. The Hall–Kier alpha value is -0.820. The van der Waals surface area contributed by atoms with E-state index in [0.29, 0.717) is 25.6 Å². The third-order valence-corrected chi connectivity index (χ3v) is 3.82. The fourth-order valence-corrected chi connectivity index (χ4v) is 2.62. The largest absolute Gasteiger partial charge is 0.338 e. The number of amides is 2. The topological polar surface area (TPSA) is 78.5 Å². The van der Waals surface area contributed by atoms with Crippen LogP contribution in [0, 0.1) is 5.92 Å². The van der Waals surface area contributed by atoms with E-state index < -0.39 is 10.0 Å². The molecule has 6 nitrogen and oxygen atoms in total. The summed E-state index contributed by atoms with van der Waals surface area (Å²) in [5.41, 5.74) is 0. The number of hydrogen-bond acceptors (Lipinski definition) is 3. The molecule has 1 rings (SSSR count). The molecule has 1 fully saturated rings. The molecule has 1 aliphatic heterocycles. The smallest absolute Gasteiger partial charge is 0.317 e. The minimum absolute atomic E-state index is 0.0457. The second-order valence-electron chi connectivity index (χ2n) is 5.54. The van der Waals surface area contributed by atoms with Gasteiger partial charge in [-0.05, 0) is 25.2 Å². The average Bonchev–Trinajstić information content (AvgIpc) is 2.33. The monoisotopic (exact) mass is 291 g/mol. The van der Waals surface area contributed by atoms with Crippen molar-refractivity contribution in [2.75, 3.05) is 25.9 Å². The lowest BCUT2D eigenvalue weighted by atomic mass is 10.0. The van der Waals surface area contributed by atoms with Crippen LogP contribution in [0.4, 0.5) is 4.79 Å². The van der Waals surface area contributed by atoms with Crippen molar-refractivity contribution in [2.45, 2.75) is 39.2 Å². The number of nitrogens with zero attached hydrogens (tertiary/aromatic N) is 1. The number of sulfonamides is 1. The van der Waals surface area contributed by atoms with Crippen LogP contribution in [0.3, 0.4) is 0 Å². The molecule has 0 aromatic heterocycles. The zero-order chi connectivity index (χ0) is 14.5. The molecule has 112 valence electrons. The molecule has 0 aromatic carbocycles. The second kappa shape index (κ2) is 7.09. The highest BCUT2D eigenvalue weighted by atomic mass is 32.2. The zero-order valence-electron chi connectivity index (χ0n) is 12.0. The highest BCUT2D eigenvalue weighted by Gasteiger charge is 2.27. The maximum absolute atomic E-state index is 12.1. The van der Waals surface area contributed by atoms with Crippen molar-refractivity contribution in [2.24, 2.45) is 5.92 Å². The Morgan fingerprint density at radius 3 is 2.63 bits per heavy atom. The summed E-state index contributed by atoms with van der Waals surface area (Å²) in [5, 5.41) is 2.89. The van der Waals surface area contributed by atoms with Crippen LogP contribution < -0.4 is 10.0 Å². The summed E-state index contributed by atoms with van der Waals surface area (Å²) in [6.45, 7) is 5.72. The van der Waals surface area contributed by atoms with Crippen LogP contribution in [0.5, 0.6) is 0 Å². The Kier molecular flexibility index (Phi) is 6.06. The Morgan fingerprint density at radius 2 is 2.05 bits per heavy atom. The highest BCUT2D eigenvalue weighted by molar-refractivity contribution is 7.88. The van der Waals surface area contributed by atoms with Crippen molar-refractivity contribution in [1.82, 2.24) is 14.9 Å². The van der Waals surface area contributed by atoms with E-state index >= 15 is 0 Å². The predicted molar refractivity (Wildman–Crippen MR) is 75.4 cm³/mol. The molecule has 1 atom stereocenters. The van der Waals surface area contributed by atoms with Gasteiger partial charge in [0.05, 0.1) is 6.26 Å². The number of carbonyl (C=O) groups excluding carboxylic acids is 1. The highest BCUT2D eigenvalue weighted by Crippen LogP contribution is 2.16. The van der Waals surface area contributed by atoms with Gasteiger partial charge < -0.3 is 10.2 Å². The number of carbonyl (C=O) groups is 1. The molecule has 0 spiro atoms. The first kappa shape index (κ1) is 16.2. The maximum Gasteiger partial charge on any atom is 0.317 e. The van der Waals surface area contributed by atoms with Gasteiger partial charge >= 0.3 is 6.03 Å². The van der Waals surface area contributed by atoms with Gasteiger partial charge in [0.2, 0.25) is 10.0 Å². The molecule has 1 saturated heterocycles. The third kappa shape index (κ3) is 6.24. The molecule has 0 bridgehead atoms. The second-order valence-corrected chi connectivity index (χ2v) is 7.38. The van der Waals surface area contributed by atoms with Gasteiger partial charge in [-0.1, -0.05) is 13.8 Å². The van der Waals surface area contributed by atoms with E-state index in [9.17, 15) is 13.2 Å². The number of nitrogens with one attached hydrogen (secondary N) is 2. The van der Waals surface area contributed by atoms with Gasteiger partial charge in [-0.2, -0.15) is 0 Å². The summed E-state index contributed by atoms with van der Waals surface area (Å²) in [6, 6.07) is -0.135. The number of rotatable bonds is 5. The van der Waals surface area contributed by atoms with Gasteiger partial charge in [0.25, 0.3) is 0 Å². The summed E-state index contributed by atoms with van der Waals surface area (Å²) < 4.78 is 24.8. The van der Waals surface area contributed by atoms with E-state index in [-0.39, 0.29) is 12.1 Å². The molecular formula is C12H25N3O3S. The van der Waals surface area contributed by atoms with Crippen LogP contribution in [0.15, 0.2) is 0 Å². The molecule has 1 aliphatic rings. The Morgan fingerprint density at radius 1 is 1.37 bits per heavy atom. The predicted octanol–water partition coefficient (Wildman–Crippen LogP) is 0.756. The van der Waals surface area contributed by atoms with Crippen molar-refractivity contribution in [1.29, 1.82) is 0 Å². The van der Waals surface area contributed by atoms with Crippen LogP contribution in [0.1, 0.15) is 33.1 Å². The SMILES string of the molecule is CC(C)CNC(=O)N1CCCCC1CNS(C)(=O)=O. The molecule has 1 unspecified atom stereocenters. The first-order valence-electron chi connectivity index (χ1n) is 6.78. The zero-order valence-corrected chi connectivity index (χ0v) is 12.8. The van der Waals surface area contributed by atoms with E-state index in [1.165, 1.54) is 0 Å². The Labute approximate surface area is 116 Å². The van der Waals surface area contributed by atoms with Crippen LogP contribution in [0.2, 0.25) is 0 Å². The van der Waals surface area contributed by atoms with Crippen LogP contribution in [-0.4, -0.2) is 51.3 Å². The number of piperidine rings is 1. The molecule has 0 saturated carbocycles. The van der Waals surface area contributed by atoms with E-state index in [2.05, 4.69) is 10.0 Å². The summed E-state index contributed by atoms with van der Waals surface area (Å²) in [7, 11) is -3.21. The van der Waals surface area contributed by atoms with Gasteiger partial charge in [-0.3, -0.25) is 0 Å². The van der Waals surface area contributed by atoms with E-state index in [1.807, 2.05) is 13.8 Å². The molecule has 0 aliphatic carbocycles. The van der Waals surface area contributed by atoms with Crippen LogP contribution in [0.25, 0.3) is 0 Å². The van der Waals surface area contributed by atoms with Gasteiger partial charge in [0, 0.05) is 25.7 Å². The van der Waals surface area contributed by atoms with Gasteiger partial charge in [0.1, 0.15) is 0 Å². The maximum atomic E-state index is 12.1. The average molecular weight is 291 g/mol. The lowest BCUT2D eigenvalue weighted by Gasteiger charge is -2.35. The fraction of sp³-hybridized carbons (Fsp3) is 0.917. The van der Waals surface area contributed by atoms with E-state index in [4.69, 9.17) is 0 Å². The first-order chi connectivity index (χ1) is 8.79. The number of likely N-dealkylation sites (tertiary alicyclic amines) is 1. The standard InChI is InChI=1S/C12H25N3O3S/c1-10(2)8-13-12(16)15-7-5-4-6-11(15)9-14-19(3,17)18/h10-11,14H,4-9H2,1-3H3,(H,13,16). The van der Waals surface area contributed by atoms with Gasteiger partial charge in [-0.15, -0.1) is 0 Å². The Bertz CT molecular complexity index is 395. The fourth-order valence-electron chi connectivity index (χ4n) is 2.12. The first-order valence-corrected chi connectivity index (χ1v) is 8.68. The van der Waals surface area contributed by atoms with Crippen LogP contribution in [-0.2, 0) is 10.0 Å². The van der Waals surface area contributed by atoms with Crippen molar-refractivity contribution in [3.8, 4) is 0 Å². The van der Waals surface area contributed by atoms with Gasteiger partial charge in [0.15, 0.2) is 0 Å². The molecule has 2 amide bonds. The van der Waals surface area contributed by atoms with Crippen molar-refractivity contribution in [3.63, 3.8) is 0 Å². The van der Waals surface area contributed by atoms with Gasteiger partial charge in [-0.25, -0.2) is 17.9 Å². The third-order valence-electron chi connectivity index (χ3n) is 3.13.